The van der Waals surface area contributed by atoms with Gasteiger partial charge in [0.05, 0.1) is 16.7 Å². The molecule has 3 heterocycles. The third-order valence-corrected chi connectivity index (χ3v) is 12.2. The van der Waals surface area contributed by atoms with Gasteiger partial charge in [0.25, 0.3) is 0 Å². The molecule has 59 heavy (non-hydrogen) atoms. The van der Waals surface area contributed by atoms with Crippen molar-refractivity contribution in [2.24, 2.45) is 0 Å². The quantitative estimate of drug-likeness (QED) is 0.175. The lowest BCUT2D eigenvalue weighted by molar-refractivity contribution is 0.662. The van der Waals surface area contributed by atoms with Gasteiger partial charge >= 0.3 is 0 Å². The molecule has 278 valence electrons. The maximum Gasteiger partial charge on any atom is 0.166 e. The minimum Gasteiger partial charge on any atom is -0.456 e. The van der Waals surface area contributed by atoms with Crippen molar-refractivity contribution in [1.82, 2.24) is 19.5 Å². The highest BCUT2D eigenvalue weighted by atomic mass is 16.3. The largest absolute Gasteiger partial charge is 0.456 e. The van der Waals surface area contributed by atoms with Crippen LogP contribution in [0.2, 0.25) is 0 Å². The highest BCUT2D eigenvalue weighted by molar-refractivity contribution is 6.17. The molecule has 0 N–H and O–H groups in total. The summed E-state index contributed by atoms with van der Waals surface area (Å²) in [6, 6.07) is 64.1. The molecular formula is C54H36N4O. The van der Waals surface area contributed by atoms with Crippen LogP contribution < -0.4 is 0 Å². The number of furan rings is 1. The number of fused-ring (bicyclic) bond motifs is 9. The first-order chi connectivity index (χ1) is 29.0. The first-order valence-corrected chi connectivity index (χ1v) is 20.1. The van der Waals surface area contributed by atoms with Crippen LogP contribution in [0.4, 0.5) is 0 Å². The van der Waals surface area contributed by atoms with Gasteiger partial charge in [0.2, 0.25) is 0 Å². The van der Waals surface area contributed by atoms with Gasteiger partial charge in [-0.15, -0.1) is 0 Å². The van der Waals surface area contributed by atoms with Crippen LogP contribution in [0, 0.1) is 0 Å². The van der Waals surface area contributed by atoms with Gasteiger partial charge in [-0.3, -0.25) is 0 Å². The summed E-state index contributed by atoms with van der Waals surface area (Å²) in [4.78, 5) is 15.6. The summed E-state index contributed by atoms with van der Waals surface area (Å²) in [7, 11) is 0. The van der Waals surface area contributed by atoms with Gasteiger partial charge in [0.15, 0.2) is 17.5 Å². The first kappa shape index (κ1) is 33.5. The monoisotopic (exact) mass is 756 g/mol. The van der Waals surface area contributed by atoms with Crippen molar-refractivity contribution < 1.29 is 4.42 Å². The number of hydrogen-bond acceptors (Lipinski definition) is 4. The third-order valence-electron chi connectivity index (χ3n) is 12.2. The average molecular weight is 757 g/mol. The fourth-order valence-corrected chi connectivity index (χ4v) is 9.63. The first-order valence-electron chi connectivity index (χ1n) is 20.1. The molecule has 0 atom stereocenters. The summed E-state index contributed by atoms with van der Waals surface area (Å²) in [6.07, 6.45) is 0. The molecule has 0 saturated heterocycles. The smallest absolute Gasteiger partial charge is 0.166 e. The van der Waals surface area contributed by atoms with Crippen molar-refractivity contribution in [2.75, 3.05) is 0 Å². The zero-order chi connectivity index (χ0) is 39.2. The van der Waals surface area contributed by atoms with E-state index in [2.05, 4.69) is 152 Å². The van der Waals surface area contributed by atoms with Crippen molar-refractivity contribution in [3.05, 3.63) is 193 Å². The number of benzene rings is 8. The summed E-state index contributed by atoms with van der Waals surface area (Å²) in [5.41, 5.74) is 15.1. The predicted molar refractivity (Wildman–Crippen MR) is 241 cm³/mol. The minimum atomic E-state index is -0.172. The molecule has 0 amide bonds. The Morgan fingerprint density at radius 3 is 1.75 bits per heavy atom. The van der Waals surface area contributed by atoms with E-state index in [-0.39, 0.29) is 5.41 Å². The van der Waals surface area contributed by atoms with Crippen LogP contribution in [0.5, 0.6) is 0 Å². The fraction of sp³-hybridized carbons (Fsp3) is 0.0556. The van der Waals surface area contributed by atoms with Crippen molar-refractivity contribution in [1.29, 1.82) is 0 Å². The molecule has 11 aromatic rings. The number of nitrogens with zero attached hydrogens (tertiary/aromatic N) is 4. The molecular weight excluding hydrogens is 721 g/mol. The summed E-state index contributed by atoms with van der Waals surface area (Å²) in [6.45, 7) is 4.73. The second-order valence-corrected chi connectivity index (χ2v) is 16.0. The Balaban J connectivity index is 1.18. The van der Waals surface area contributed by atoms with Crippen LogP contribution in [0.25, 0.3) is 106 Å². The maximum atomic E-state index is 6.62. The van der Waals surface area contributed by atoms with Crippen molar-refractivity contribution in [3.63, 3.8) is 0 Å². The lowest BCUT2D eigenvalue weighted by Gasteiger charge is -2.25. The van der Waals surface area contributed by atoms with Crippen LogP contribution in [-0.2, 0) is 5.41 Å². The molecule has 0 spiro atoms. The van der Waals surface area contributed by atoms with E-state index >= 15 is 0 Å². The molecule has 0 unspecified atom stereocenters. The van der Waals surface area contributed by atoms with Gasteiger partial charge < -0.3 is 8.98 Å². The van der Waals surface area contributed by atoms with Gasteiger partial charge in [-0.1, -0.05) is 166 Å². The SMILES string of the molecule is CC1(C)c2ccccc2-c2cccc(-c3cccc4c3c3ccccc3n4-c3cc4oc5ccccc5c4cc3-c3nc(-c4ccccc4)nc(-c4ccccc4)n3)c21. The van der Waals surface area contributed by atoms with Crippen LogP contribution in [0.3, 0.4) is 0 Å². The molecule has 0 aliphatic heterocycles. The normalized spacial score (nSPS) is 13.1. The van der Waals surface area contributed by atoms with E-state index in [1.165, 1.54) is 44.2 Å². The molecule has 0 radical (unpaired) electrons. The van der Waals surface area contributed by atoms with Crippen LogP contribution >= 0.6 is 0 Å². The predicted octanol–water partition coefficient (Wildman–Crippen LogP) is 13.8. The highest BCUT2D eigenvalue weighted by Gasteiger charge is 2.37. The number of aromatic nitrogens is 4. The molecule has 12 rings (SSSR count). The Kier molecular flexibility index (Phi) is 7.20. The lowest BCUT2D eigenvalue weighted by Crippen LogP contribution is -2.16. The summed E-state index contributed by atoms with van der Waals surface area (Å²) >= 11 is 0. The summed E-state index contributed by atoms with van der Waals surface area (Å²) in [5, 5.41) is 4.42. The van der Waals surface area contributed by atoms with E-state index in [9.17, 15) is 0 Å². The van der Waals surface area contributed by atoms with E-state index < -0.39 is 0 Å². The molecule has 5 heteroatoms. The highest BCUT2D eigenvalue weighted by Crippen LogP contribution is 2.53. The van der Waals surface area contributed by atoms with Gasteiger partial charge in [-0.25, -0.2) is 15.0 Å². The molecule has 1 aliphatic rings. The van der Waals surface area contributed by atoms with E-state index in [0.717, 1.165) is 55.3 Å². The second kappa shape index (κ2) is 12.7. The van der Waals surface area contributed by atoms with Gasteiger partial charge in [-0.05, 0) is 57.6 Å². The van der Waals surface area contributed by atoms with E-state index in [4.69, 9.17) is 19.4 Å². The van der Waals surface area contributed by atoms with Gasteiger partial charge in [-0.2, -0.15) is 0 Å². The molecule has 8 aromatic carbocycles. The molecule has 0 saturated carbocycles. The van der Waals surface area contributed by atoms with Crippen molar-refractivity contribution in [2.45, 2.75) is 19.3 Å². The van der Waals surface area contributed by atoms with Gasteiger partial charge in [0.1, 0.15) is 11.2 Å². The number of hydrogen-bond donors (Lipinski definition) is 0. The Morgan fingerprint density at radius 2 is 0.983 bits per heavy atom. The summed E-state index contributed by atoms with van der Waals surface area (Å²) in [5.74, 6) is 1.81. The van der Waals surface area contributed by atoms with Crippen molar-refractivity contribution in [3.8, 4) is 62.1 Å². The Labute approximate surface area is 340 Å². The Hall–Kier alpha value is -7.63. The van der Waals surface area contributed by atoms with E-state index in [1.54, 1.807) is 0 Å². The molecule has 0 bridgehead atoms. The van der Waals surface area contributed by atoms with Crippen LogP contribution in [0.1, 0.15) is 25.0 Å². The van der Waals surface area contributed by atoms with E-state index in [0.29, 0.717) is 17.5 Å². The topological polar surface area (TPSA) is 56.7 Å². The number of para-hydroxylation sites is 2. The zero-order valence-electron chi connectivity index (χ0n) is 32.5. The number of rotatable bonds is 5. The molecule has 1 aliphatic carbocycles. The van der Waals surface area contributed by atoms with Crippen LogP contribution in [-0.4, -0.2) is 19.5 Å². The molecule has 3 aromatic heterocycles. The van der Waals surface area contributed by atoms with Crippen molar-refractivity contribution >= 4 is 43.7 Å². The Morgan fingerprint density at radius 1 is 0.424 bits per heavy atom. The maximum absolute atomic E-state index is 6.62. The van der Waals surface area contributed by atoms with E-state index in [1.807, 2.05) is 48.5 Å². The van der Waals surface area contributed by atoms with Crippen LogP contribution in [0.15, 0.2) is 186 Å². The molecule has 5 nitrogen and oxygen atoms in total. The lowest BCUT2D eigenvalue weighted by atomic mass is 9.78. The Bertz CT molecular complexity index is 3410. The molecule has 0 fully saturated rings. The van der Waals surface area contributed by atoms with Gasteiger partial charge in [0, 0.05) is 49.7 Å². The second-order valence-electron chi connectivity index (χ2n) is 16.0. The average Bonchev–Trinajstić information content (AvgIpc) is 3.91. The zero-order valence-corrected chi connectivity index (χ0v) is 32.5. The fourth-order valence-electron chi connectivity index (χ4n) is 9.63. The third kappa shape index (κ3) is 5.01. The minimum absolute atomic E-state index is 0.172. The summed E-state index contributed by atoms with van der Waals surface area (Å²) < 4.78 is 9.01. The standard InChI is InChI=1S/C54H36N4O/c1-54(2)43-27-12-9-21-35(43)38-25-15-26-39(50(38)54)37-24-16-29-45-49(37)40-23-10-13-28-44(40)58(45)46-32-48-41(36-22-11-14-30-47(36)59-48)31-42(46)53-56-51(33-17-5-3-6-18-33)55-52(57-53)34-19-7-4-8-20-34/h3-32H,1-2H3.